The molecule has 130 valence electrons. The number of hydrogen-bond donors (Lipinski definition) is 2. The van der Waals surface area contributed by atoms with E-state index in [1.807, 2.05) is 0 Å². The van der Waals surface area contributed by atoms with Gasteiger partial charge in [0.05, 0.1) is 11.6 Å². The lowest BCUT2D eigenvalue weighted by atomic mass is 9.94. The van der Waals surface area contributed by atoms with Crippen molar-refractivity contribution in [3.63, 3.8) is 0 Å². The predicted octanol–water partition coefficient (Wildman–Crippen LogP) is 2.90. The SMILES string of the molecule is CC1=C(C(=O)Nc2cc(C)on2)C(c2cccc(F)c2)NC(=S)N1C. The number of carbonyl (C=O) groups excluding carboxylic acids is 1. The van der Waals surface area contributed by atoms with Gasteiger partial charge in [0.2, 0.25) is 0 Å². The lowest BCUT2D eigenvalue weighted by Gasteiger charge is -2.35. The zero-order chi connectivity index (χ0) is 18.1. The largest absolute Gasteiger partial charge is 0.360 e. The number of nitrogens with one attached hydrogen (secondary N) is 2. The van der Waals surface area contributed by atoms with Crippen molar-refractivity contribution in [2.24, 2.45) is 0 Å². The molecule has 6 nitrogen and oxygen atoms in total. The quantitative estimate of drug-likeness (QED) is 0.821. The summed E-state index contributed by atoms with van der Waals surface area (Å²) in [5.74, 6) is 0.162. The van der Waals surface area contributed by atoms with Gasteiger partial charge in [0.15, 0.2) is 10.9 Å². The van der Waals surface area contributed by atoms with Crippen LogP contribution in [0.5, 0.6) is 0 Å². The molecule has 1 aliphatic rings. The van der Waals surface area contributed by atoms with Gasteiger partial charge in [-0.1, -0.05) is 17.3 Å². The molecular weight excluding hydrogens is 343 g/mol. The molecule has 2 heterocycles. The summed E-state index contributed by atoms with van der Waals surface area (Å²) in [4.78, 5) is 14.6. The summed E-state index contributed by atoms with van der Waals surface area (Å²) in [7, 11) is 1.76. The normalized spacial score (nSPS) is 17.5. The highest BCUT2D eigenvalue weighted by atomic mass is 32.1. The molecule has 2 aromatic rings. The van der Waals surface area contributed by atoms with Crippen LogP contribution in [0.1, 0.15) is 24.3 Å². The van der Waals surface area contributed by atoms with Gasteiger partial charge in [0, 0.05) is 18.8 Å². The van der Waals surface area contributed by atoms with Crippen LogP contribution >= 0.6 is 12.2 Å². The maximum Gasteiger partial charge on any atom is 0.257 e. The van der Waals surface area contributed by atoms with Gasteiger partial charge in [-0.2, -0.15) is 0 Å². The molecule has 0 aliphatic carbocycles. The molecule has 1 amide bonds. The summed E-state index contributed by atoms with van der Waals surface area (Å²) >= 11 is 5.32. The zero-order valence-electron chi connectivity index (χ0n) is 14.0. The van der Waals surface area contributed by atoms with E-state index in [9.17, 15) is 9.18 Å². The Morgan fingerprint density at radius 2 is 2.16 bits per heavy atom. The Morgan fingerprint density at radius 1 is 1.40 bits per heavy atom. The molecule has 3 rings (SSSR count). The third-order valence-electron chi connectivity index (χ3n) is 4.05. The topological polar surface area (TPSA) is 70.4 Å². The van der Waals surface area contributed by atoms with Crippen LogP contribution in [-0.2, 0) is 4.79 Å². The number of anilines is 1. The van der Waals surface area contributed by atoms with Gasteiger partial charge in [-0.15, -0.1) is 0 Å². The Bertz CT molecular complexity index is 877. The molecule has 0 radical (unpaired) electrons. The zero-order valence-corrected chi connectivity index (χ0v) is 14.8. The van der Waals surface area contributed by atoms with Gasteiger partial charge in [0.1, 0.15) is 11.6 Å². The van der Waals surface area contributed by atoms with Crippen LogP contribution in [-0.4, -0.2) is 28.1 Å². The molecule has 0 bridgehead atoms. The molecular formula is C17H17FN4O2S. The molecule has 8 heteroatoms. The van der Waals surface area contributed by atoms with E-state index in [2.05, 4.69) is 15.8 Å². The van der Waals surface area contributed by atoms with Crippen LogP contribution in [0.4, 0.5) is 10.2 Å². The molecule has 1 aromatic heterocycles. The Hall–Kier alpha value is -2.74. The molecule has 0 fully saturated rings. The van der Waals surface area contributed by atoms with Crippen molar-refractivity contribution >= 4 is 29.1 Å². The summed E-state index contributed by atoms with van der Waals surface area (Å²) in [6.45, 7) is 3.53. The number of carbonyl (C=O) groups is 1. The van der Waals surface area contributed by atoms with Crippen molar-refractivity contribution in [3.8, 4) is 0 Å². The van der Waals surface area contributed by atoms with Crippen LogP contribution in [0.3, 0.4) is 0 Å². The minimum atomic E-state index is -0.563. The molecule has 1 aromatic carbocycles. The molecule has 25 heavy (non-hydrogen) atoms. The van der Waals surface area contributed by atoms with Gasteiger partial charge in [-0.05, 0) is 43.8 Å². The van der Waals surface area contributed by atoms with Crippen LogP contribution in [0.2, 0.25) is 0 Å². The number of hydrogen-bond acceptors (Lipinski definition) is 4. The highest BCUT2D eigenvalue weighted by Crippen LogP contribution is 2.31. The summed E-state index contributed by atoms with van der Waals surface area (Å²) < 4.78 is 18.6. The Balaban J connectivity index is 2.00. The number of thiocarbonyl (C=S) groups is 1. The van der Waals surface area contributed by atoms with Crippen LogP contribution < -0.4 is 10.6 Å². The first-order chi connectivity index (χ1) is 11.9. The second kappa shape index (κ2) is 6.64. The van der Waals surface area contributed by atoms with E-state index in [0.29, 0.717) is 33.5 Å². The number of allylic oxidation sites excluding steroid dienone is 1. The summed E-state index contributed by atoms with van der Waals surface area (Å²) in [5, 5.41) is 10.0. The van der Waals surface area contributed by atoms with E-state index in [0.717, 1.165) is 0 Å². The number of benzene rings is 1. The summed E-state index contributed by atoms with van der Waals surface area (Å²) in [6.07, 6.45) is 0. The van der Waals surface area contributed by atoms with Crippen molar-refractivity contribution in [2.75, 3.05) is 12.4 Å². The van der Waals surface area contributed by atoms with Crippen molar-refractivity contribution in [1.29, 1.82) is 0 Å². The van der Waals surface area contributed by atoms with Crippen molar-refractivity contribution in [3.05, 3.63) is 58.7 Å². The van der Waals surface area contributed by atoms with Gasteiger partial charge >= 0.3 is 0 Å². The van der Waals surface area contributed by atoms with Crippen molar-refractivity contribution in [2.45, 2.75) is 19.9 Å². The predicted molar refractivity (Wildman–Crippen MR) is 95.2 cm³/mol. The second-order valence-corrected chi connectivity index (χ2v) is 6.16. The molecule has 0 saturated heterocycles. The van der Waals surface area contributed by atoms with Gasteiger partial charge in [0.25, 0.3) is 5.91 Å². The monoisotopic (exact) mass is 360 g/mol. The second-order valence-electron chi connectivity index (χ2n) is 5.77. The van der Waals surface area contributed by atoms with Gasteiger partial charge in [-0.25, -0.2) is 4.39 Å². The van der Waals surface area contributed by atoms with Gasteiger partial charge in [-0.3, -0.25) is 4.79 Å². The molecule has 1 aliphatic heterocycles. The van der Waals surface area contributed by atoms with E-state index in [4.69, 9.17) is 16.7 Å². The first kappa shape index (κ1) is 17.1. The fourth-order valence-electron chi connectivity index (χ4n) is 2.67. The lowest BCUT2D eigenvalue weighted by Crippen LogP contribution is -2.46. The van der Waals surface area contributed by atoms with E-state index in [-0.39, 0.29) is 11.7 Å². The smallest absolute Gasteiger partial charge is 0.257 e. The Morgan fingerprint density at radius 3 is 2.80 bits per heavy atom. The first-order valence-electron chi connectivity index (χ1n) is 7.62. The minimum Gasteiger partial charge on any atom is -0.360 e. The number of nitrogens with zero attached hydrogens (tertiary/aromatic N) is 2. The standard InChI is InChI=1S/C17H17FN4O2S/c1-9-7-13(21-24-9)19-16(23)14-10(2)22(3)17(25)20-15(14)11-5-4-6-12(18)8-11/h4-8,15H,1-3H3,(H,20,25)(H,19,21,23). The van der Waals surface area contributed by atoms with Crippen molar-refractivity contribution < 1.29 is 13.7 Å². The molecule has 0 saturated carbocycles. The third kappa shape index (κ3) is 3.39. The maximum atomic E-state index is 13.7. The van der Waals surface area contributed by atoms with E-state index >= 15 is 0 Å². The van der Waals surface area contributed by atoms with Gasteiger partial charge < -0.3 is 20.1 Å². The lowest BCUT2D eigenvalue weighted by molar-refractivity contribution is -0.113. The van der Waals surface area contributed by atoms with Crippen LogP contribution in [0.25, 0.3) is 0 Å². The average Bonchev–Trinajstić information content (AvgIpc) is 2.97. The fourth-order valence-corrected chi connectivity index (χ4v) is 2.93. The van der Waals surface area contributed by atoms with Crippen molar-refractivity contribution in [1.82, 2.24) is 15.4 Å². The number of halogens is 1. The summed E-state index contributed by atoms with van der Waals surface area (Å²) in [6, 6.07) is 7.13. The first-order valence-corrected chi connectivity index (χ1v) is 8.02. The number of aromatic nitrogens is 1. The molecule has 1 atom stereocenters. The summed E-state index contributed by atoms with van der Waals surface area (Å²) in [5.41, 5.74) is 1.72. The number of aryl methyl sites for hydroxylation is 1. The Kier molecular flexibility index (Phi) is 4.54. The molecule has 2 N–H and O–H groups in total. The van der Waals surface area contributed by atoms with E-state index < -0.39 is 6.04 Å². The number of rotatable bonds is 3. The minimum absolute atomic E-state index is 0.316. The molecule has 1 unspecified atom stereocenters. The van der Waals surface area contributed by atoms with E-state index in [1.54, 1.807) is 44.0 Å². The van der Waals surface area contributed by atoms with Crippen LogP contribution in [0.15, 0.2) is 46.1 Å². The highest BCUT2D eigenvalue weighted by Gasteiger charge is 2.33. The fraction of sp³-hybridized carbons (Fsp3) is 0.235. The van der Waals surface area contributed by atoms with Crippen LogP contribution in [0, 0.1) is 12.7 Å². The number of amides is 1. The third-order valence-corrected chi connectivity index (χ3v) is 4.44. The maximum absolute atomic E-state index is 13.7. The Labute approximate surface area is 149 Å². The highest BCUT2D eigenvalue weighted by molar-refractivity contribution is 7.80. The molecule has 0 spiro atoms. The average molecular weight is 360 g/mol. The van der Waals surface area contributed by atoms with E-state index in [1.165, 1.54) is 12.1 Å².